The molecule has 4 rings (SSSR count). The molecule has 3 aromatic rings. The number of Topliss-reactive ketones (excluding diaryl/α,β-unsaturated/α-hetero) is 1. The lowest BCUT2D eigenvalue weighted by Gasteiger charge is -2.20. The zero-order chi connectivity index (χ0) is 26.9. The highest BCUT2D eigenvalue weighted by molar-refractivity contribution is 6.37. The molecule has 1 aliphatic rings. The second-order valence-electron chi connectivity index (χ2n) is 9.91. The van der Waals surface area contributed by atoms with Crippen LogP contribution in [0.1, 0.15) is 69.8 Å². The van der Waals surface area contributed by atoms with E-state index in [1.54, 1.807) is 24.3 Å². The van der Waals surface area contributed by atoms with Gasteiger partial charge in [-0.3, -0.25) is 19.3 Å². The van der Waals surface area contributed by atoms with Crippen LogP contribution in [0.15, 0.2) is 72.8 Å². The molecule has 1 aliphatic heterocycles. The Morgan fingerprint density at radius 3 is 2.08 bits per heavy atom. The largest absolute Gasteiger partial charge is 0.366 e. The summed E-state index contributed by atoms with van der Waals surface area (Å²) in [6.07, 6.45) is 9.11. The maximum Gasteiger partial charge on any atom is 0.285 e. The Morgan fingerprint density at radius 1 is 0.763 bits per heavy atom. The molecule has 196 valence electrons. The first-order chi connectivity index (χ1) is 18.4. The van der Waals surface area contributed by atoms with Gasteiger partial charge in [0, 0.05) is 12.1 Å². The topological polar surface area (TPSA) is 106 Å². The van der Waals surface area contributed by atoms with Crippen LogP contribution in [-0.2, 0) is 22.6 Å². The van der Waals surface area contributed by atoms with Crippen molar-refractivity contribution in [1.82, 2.24) is 4.90 Å². The Kier molecular flexibility index (Phi) is 9.22. The van der Waals surface area contributed by atoms with Gasteiger partial charge < -0.3 is 11.5 Å². The molecule has 4 N–H and O–H groups in total. The fraction of sp³-hybridized carbons (Fsp3) is 0.281. The molecule has 0 aromatic heterocycles. The van der Waals surface area contributed by atoms with E-state index in [-0.39, 0.29) is 12.0 Å². The van der Waals surface area contributed by atoms with Crippen molar-refractivity contribution in [1.29, 1.82) is 0 Å². The summed E-state index contributed by atoms with van der Waals surface area (Å²) in [7, 11) is 0. The lowest BCUT2D eigenvalue weighted by atomic mass is 9.83. The highest BCUT2D eigenvalue weighted by Gasteiger charge is 2.28. The second kappa shape index (κ2) is 13.0. The predicted octanol–water partition coefficient (Wildman–Crippen LogP) is 4.71. The molecule has 6 nitrogen and oxygen atoms in total. The fourth-order valence-corrected chi connectivity index (χ4v) is 5.12. The molecule has 1 heterocycles. The van der Waals surface area contributed by atoms with Crippen molar-refractivity contribution in [3.63, 3.8) is 0 Å². The molecular weight excluding hydrogens is 474 g/mol. The van der Waals surface area contributed by atoms with Crippen LogP contribution in [0.5, 0.6) is 0 Å². The molecule has 1 atom stereocenters. The molecule has 2 amide bonds. The van der Waals surface area contributed by atoms with Crippen molar-refractivity contribution in [2.45, 2.75) is 44.6 Å². The molecule has 3 aromatic carbocycles. The van der Waals surface area contributed by atoms with Gasteiger partial charge in [-0.25, -0.2) is 0 Å². The summed E-state index contributed by atoms with van der Waals surface area (Å²) in [6, 6.07) is 22.8. The van der Waals surface area contributed by atoms with Gasteiger partial charge in [-0.15, -0.1) is 0 Å². The zero-order valence-electron chi connectivity index (χ0n) is 21.6. The maximum absolute atomic E-state index is 13.0. The van der Waals surface area contributed by atoms with Crippen molar-refractivity contribution in [3.05, 3.63) is 106 Å². The molecule has 0 spiro atoms. The van der Waals surface area contributed by atoms with Gasteiger partial charge >= 0.3 is 0 Å². The lowest BCUT2D eigenvalue weighted by Crippen LogP contribution is -2.30. The third-order valence-electron chi connectivity index (χ3n) is 7.15. The zero-order valence-corrected chi connectivity index (χ0v) is 21.6. The lowest BCUT2D eigenvalue weighted by molar-refractivity contribution is -0.136. The van der Waals surface area contributed by atoms with Crippen LogP contribution < -0.4 is 11.5 Å². The predicted molar refractivity (Wildman–Crippen MR) is 151 cm³/mol. The van der Waals surface area contributed by atoms with Gasteiger partial charge in [0.15, 0.2) is 0 Å². The Morgan fingerprint density at radius 2 is 1.45 bits per heavy atom. The molecule has 0 bridgehead atoms. The number of hydrogen-bond acceptors (Lipinski definition) is 4. The van der Waals surface area contributed by atoms with Gasteiger partial charge in [-0.05, 0) is 66.2 Å². The second-order valence-corrected chi connectivity index (χ2v) is 9.91. The van der Waals surface area contributed by atoms with Crippen LogP contribution in [0.3, 0.4) is 0 Å². The molecule has 1 saturated heterocycles. The van der Waals surface area contributed by atoms with Crippen LogP contribution in [0.25, 0.3) is 12.2 Å². The van der Waals surface area contributed by atoms with E-state index in [9.17, 15) is 14.4 Å². The average molecular weight is 510 g/mol. The van der Waals surface area contributed by atoms with Crippen LogP contribution in [0.4, 0.5) is 0 Å². The summed E-state index contributed by atoms with van der Waals surface area (Å²) in [5, 5.41) is 0. The van der Waals surface area contributed by atoms with Gasteiger partial charge in [-0.2, -0.15) is 0 Å². The Bertz CT molecular complexity index is 1290. The molecule has 1 unspecified atom stereocenters. The maximum atomic E-state index is 13.0. The van der Waals surface area contributed by atoms with E-state index in [0.717, 1.165) is 30.8 Å². The first kappa shape index (κ1) is 27.0. The highest BCUT2D eigenvalue weighted by atomic mass is 16.2. The van der Waals surface area contributed by atoms with Crippen molar-refractivity contribution < 1.29 is 14.4 Å². The molecule has 1 fully saturated rings. The Labute approximate surface area is 224 Å². The van der Waals surface area contributed by atoms with Gasteiger partial charge in [0.25, 0.3) is 5.91 Å². The summed E-state index contributed by atoms with van der Waals surface area (Å²) < 4.78 is 0. The number of amides is 2. The standard InChI is InChI=1S/C32H35N3O3/c33-31(37)28-12-8-11-26(29(30(36)32(34)38)21-24-9-4-3-5-10-24)27(28)18-17-23-13-15-25(16-14-23)22-35-19-6-1-2-7-20-35/h3-5,8-18,29H,1-2,6-7,19-22H2,(H2,33,37)(H2,34,38). The number of likely N-dealkylation sites (tertiary alicyclic amines) is 1. The summed E-state index contributed by atoms with van der Waals surface area (Å²) >= 11 is 0. The van der Waals surface area contributed by atoms with E-state index in [1.807, 2.05) is 48.5 Å². The highest BCUT2D eigenvalue weighted by Crippen LogP contribution is 2.29. The van der Waals surface area contributed by atoms with Gasteiger partial charge in [0.05, 0.1) is 5.92 Å². The van der Waals surface area contributed by atoms with Crippen molar-refractivity contribution >= 4 is 29.7 Å². The third-order valence-corrected chi connectivity index (χ3v) is 7.15. The third kappa shape index (κ3) is 7.05. The van der Waals surface area contributed by atoms with E-state index in [1.165, 1.54) is 31.2 Å². The Balaban J connectivity index is 1.63. The van der Waals surface area contributed by atoms with E-state index in [2.05, 4.69) is 17.0 Å². The van der Waals surface area contributed by atoms with Crippen LogP contribution in [-0.4, -0.2) is 35.6 Å². The SMILES string of the molecule is NC(=O)C(=O)C(Cc1ccccc1)c1cccc(C(N)=O)c1C=Cc1ccc(CN2CCCCCC2)cc1. The minimum absolute atomic E-state index is 0.275. The number of nitrogens with zero attached hydrogens (tertiary/aromatic N) is 1. The molecule has 6 heteroatoms. The smallest absolute Gasteiger partial charge is 0.285 e. The molecule has 38 heavy (non-hydrogen) atoms. The normalized spacial score (nSPS) is 15.2. The van der Waals surface area contributed by atoms with Gasteiger partial charge in [0.2, 0.25) is 11.7 Å². The van der Waals surface area contributed by atoms with E-state index in [0.29, 0.717) is 11.1 Å². The fourth-order valence-electron chi connectivity index (χ4n) is 5.12. The van der Waals surface area contributed by atoms with Crippen molar-refractivity contribution in [3.8, 4) is 0 Å². The number of ketones is 1. The van der Waals surface area contributed by atoms with Crippen molar-refractivity contribution in [2.75, 3.05) is 13.1 Å². The molecular formula is C32H35N3O3. The summed E-state index contributed by atoms with van der Waals surface area (Å²) in [4.78, 5) is 39.8. The first-order valence-electron chi connectivity index (χ1n) is 13.2. The number of carbonyl (C=O) groups is 3. The minimum atomic E-state index is -1.01. The van der Waals surface area contributed by atoms with Crippen molar-refractivity contribution in [2.24, 2.45) is 11.5 Å². The molecule has 0 aliphatic carbocycles. The van der Waals surface area contributed by atoms with E-state index >= 15 is 0 Å². The van der Waals surface area contributed by atoms with E-state index < -0.39 is 23.5 Å². The summed E-state index contributed by atoms with van der Waals surface area (Å²) in [5.41, 5.74) is 15.6. The van der Waals surface area contributed by atoms with Crippen LogP contribution in [0.2, 0.25) is 0 Å². The minimum Gasteiger partial charge on any atom is -0.366 e. The quantitative estimate of drug-likeness (QED) is 0.305. The van der Waals surface area contributed by atoms with Gasteiger partial charge in [-0.1, -0.05) is 91.7 Å². The number of primary amides is 2. The monoisotopic (exact) mass is 509 g/mol. The number of hydrogen-bond donors (Lipinski definition) is 2. The average Bonchev–Trinajstić information content (AvgIpc) is 3.20. The summed E-state index contributed by atoms with van der Waals surface area (Å²) in [6.45, 7) is 3.22. The first-order valence-corrected chi connectivity index (χ1v) is 13.2. The summed E-state index contributed by atoms with van der Waals surface area (Å²) in [5.74, 6) is -3.16. The number of benzene rings is 3. The number of nitrogens with two attached hydrogens (primary N) is 2. The number of carbonyl (C=O) groups excluding carboxylic acids is 3. The van der Waals surface area contributed by atoms with Crippen LogP contribution >= 0.6 is 0 Å². The number of rotatable bonds is 10. The van der Waals surface area contributed by atoms with Gasteiger partial charge in [0.1, 0.15) is 0 Å². The molecule has 0 saturated carbocycles. The van der Waals surface area contributed by atoms with E-state index in [4.69, 9.17) is 11.5 Å². The van der Waals surface area contributed by atoms with Crippen LogP contribution in [0, 0.1) is 0 Å². The Hall–Kier alpha value is -4.03. The molecule has 0 radical (unpaired) electrons.